The zero-order chi connectivity index (χ0) is 19.6. The Balaban J connectivity index is 1.96. The first-order valence-electron chi connectivity index (χ1n) is 8.38. The van der Waals surface area contributed by atoms with Gasteiger partial charge in [-0.1, -0.05) is 12.1 Å². The third-order valence-corrected chi connectivity index (χ3v) is 4.85. The maximum absolute atomic E-state index is 12.2. The Bertz CT molecular complexity index is 810. The van der Waals surface area contributed by atoms with Gasteiger partial charge in [0.1, 0.15) is 6.07 Å². The maximum Gasteiger partial charge on any atom is 0.244 e. The number of ether oxygens (including phenoxy) is 2. The normalized spacial score (nSPS) is 12.0. The third kappa shape index (κ3) is 6.13. The van der Waals surface area contributed by atoms with Gasteiger partial charge >= 0.3 is 0 Å². The maximum atomic E-state index is 12.2. The lowest BCUT2D eigenvalue weighted by atomic mass is 10.2. The van der Waals surface area contributed by atoms with E-state index in [1.165, 1.54) is 18.1 Å². The summed E-state index contributed by atoms with van der Waals surface area (Å²) in [7, 11) is 5.52. The lowest BCUT2D eigenvalue weighted by molar-refractivity contribution is -0.116. The highest BCUT2D eigenvalue weighted by Gasteiger charge is 2.15. The molecule has 2 aromatic rings. The number of rotatable bonds is 9. The molecule has 1 unspecified atom stereocenters. The van der Waals surface area contributed by atoms with Crippen LogP contribution in [0.3, 0.4) is 0 Å². The van der Waals surface area contributed by atoms with Crippen LogP contribution < -0.4 is 14.8 Å². The van der Waals surface area contributed by atoms with E-state index in [0.717, 1.165) is 5.56 Å². The Labute approximate surface area is 163 Å². The van der Waals surface area contributed by atoms with Gasteiger partial charge in [0.15, 0.2) is 18.1 Å². The quantitative estimate of drug-likeness (QED) is 0.672. The Morgan fingerprint density at radius 3 is 2.81 bits per heavy atom. The van der Waals surface area contributed by atoms with Crippen LogP contribution in [0.5, 0.6) is 11.5 Å². The van der Waals surface area contributed by atoms with Crippen molar-refractivity contribution in [3.8, 4) is 17.6 Å². The Morgan fingerprint density at radius 1 is 1.37 bits per heavy atom. The molecule has 0 aliphatic rings. The molecule has 1 aromatic heterocycles. The van der Waals surface area contributed by atoms with Gasteiger partial charge < -0.3 is 19.7 Å². The summed E-state index contributed by atoms with van der Waals surface area (Å²) in [6.45, 7) is 0.478. The molecule has 0 fully saturated rings. The molecule has 6 nitrogen and oxygen atoms in total. The van der Waals surface area contributed by atoms with Crippen molar-refractivity contribution in [2.45, 2.75) is 6.04 Å². The van der Waals surface area contributed by atoms with Gasteiger partial charge in [-0.3, -0.25) is 4.79 Å². The number of methoxy groups -OCH3 is 1. The van der Waals surface area contributed by atoms with Gasteiger partial charge in [-0.15, -0.1) is 11.3 Å². The van der Waals surface area contributed by atoms with Crippen molar-refractivity contribution in [2.24, 2.45) is 0 Å². The van der Waals surface area contributed by atoms with E-state index in [1.54, 1.807) is 35.6 Å². The molecule has 0 bridgehead atoms. The number of thiophene rings is 1. The van der Waals surface area contributed by atoms with Crippen molar-refractivity contribution in [3.05, 3.63) is 52.2 Å². The largest absolute Gasteiger partial charge is 0.493 e. The van der Waals surface area contributed by atoms with Crippen molar-refractivity contribution in [3.63, 3.8) is 0 Å². The Hall–Kier alpha value is -2.82. The fourth-order valence-electron chi connectivity index (χ4n) is 2.46. The molecule has 0 spiro atoms. The van der Waals surface area contributed by atoms with Crippen molar-refractivity contribution >= 4 is 23.3 Å². The van der Waals surface area contributed by atoms with Crippen LogP contribution in [-0.2, 0) is 4.79 Å². The number of nitriles is 1. The topological polar surface area (TPSA) is 74.6 Å². The minimum atomic E-state index is -0.165. The van der Waals surface area contributed by atoms with Crippen LogP contribution in [-0.4, -0.2) is 45.2 Å². The molecule has 0 saturated heterocycles. The molecule has 0 radical (unpaired) electrons. The van der Waals surface area contributed by atoms with Crippen molar-refractivity contribution in [1.29, 1.82) is 5.26 Å². The molecular weight excluding hydrogens is 362 g/mol. The van der Waals surface area contributed by atoms with Crippen LogP contribution in [0.1, 0.15) is 16.5 Å². The van der Waals surface area contributed by atoms with Crippen LogP contribution in [0.2, 0.25) is 0 Å². The number of likely N-dealkylation sites (N-methyl/N-ethyl adjacent to an activating group) is 1. The first-order valence-corrected chi connectivity index (χ1v) is 9.26. The highest BCUT2D eigenvalue weighted by atomic mass is 32.1. The predicted octanol–water partition coefficient (Wildman–Crippen LogP) is 3.09. The SMILES string of the molecule is COc1cc(C=CC(=O)NCC(c2cccs2)N(C)C)ccc1OCC#N. The number of carbonyl (C=O) groups excluding carboxylic acids is 1. The molecule has 0 saturated carbocycles. The molecule has 7 heteroatoms. The van der Waals surface area contributed by atoms with Crippen LogP contribution in [0, 0.1) is 11.3 Å². The number of amides is 1. The Kier molecular flexibility index (Phi) is 7.86. The van der Waals surface area contributed by atoms with E-state index < -0.39 is 0 Å². The number of nitrogens with one attached hydrogen (secondary N) is 1. The second-order valence-electron chi connectivity index (χ2n) is 5.93. The molecule has 27 heavy (non-hydrogen) atoms. The van der Waals surface area contributed by atoms with Gasteiger partial charge in [-0.05, 0) is 49.3 Å². The molecule has 1 atom stereocenters. The van der Waals surface area contributed by atoms with E-state index in [-0.39, 0.29) is 18.6 Å². The molecule has 1 N–H and O–H groups in total. The van der Waals surface area contributed by atoms with E-state index in [9.17, 15) is 4.79 Å². The van der Waals surface area contributed by atoms with Gasteiger partial charge in [0.2, 0.25) is 5.91 Å². The summed E-state index contributed by atoms with van der Waals surface area (Å²) >= 11 is 1.68. The minimum Gasteiger partial charge on any atom is -0.493 e. The molecule has 2 rings (SSSR count). The number of hydrogen-bond donors (Lipinski definition) is 1. The minimum absolute atomic E-state index is 0.0504. The van der Waals surface area contributed by atoms with Crippen LogP contribution in [0.25, 0.3) is 6.08 Å². The molecule has 1 heterocycles. The van der Waals surface area contributed by atoms with E-state index in [4.69, 9.17) is 14.7 Å². The van der Waals surface area contributed by atoms with Gasteiger partial charge in [-0.2, -0.15) is 5.26 Å². The van der Waals surface area contributed by atoms with Crippen molar-refractivity contribution in [1.82, 2.24) is 10.2 Å². The van der Waals surface area contributed by atoms with E-state index >= 15 is 0 Å². The van der Waals surface area contributed by atoms with Crippen LogP contribution in [0.4, 0.5) is 0 Å². The Morgan fingerprint density at radius 2 is 2.19 bits per heavy atom. The van der Waals surface area contributed by atoms with Gasteiger partial charge in [0, 0.05) is 17.5 Å². The predicted molar refractivity (Wildman–Crippen MR) is 107 cm³/mol. The average Bonchev–Trinajstić information content (AvgIpc) is 3.19. The zero-order valence-corrected chi connectivity index (χ0v) is 16.5. The molecule has 0 aliphatic carbocycles. The summed E-state index contributed by atoms with van der Waals surface area (Å²) in [4.78, 5) is 15.5. The summed E-state index contributed by atoms with van der Waals surface area (Å²) < 4.78 is 10.6. The summed E-state index contributed by atoms with van der Waals surface area (Å²) in [6.07, 6.45) is 3.20. The van der Waals surface area contributed by atoms with E-state index in [2.05, 4.69) is 16.3 Å². The summed E-state index contributed by atoms with van der Waals surface area (Å²) in [5.41, 5.74) is 0.800. The molecule has 142 valence electrons. The smallest absolute Gasteiger partial charge is 0.244 e. The summed E-state index contributed by atoms with van der Waals surface area (Å²) in [5.74, 6) is 0.839. The van der Waals surface area contributed by atoms with Gasteiger partial charge in [-0.25, -0.2) is 0 Å². The molecule has 1 amide bonds. The third-order valence-electron chi connectivity index (χ3n) is 3.87. The number of carbonyl (C=O) groups is 1. The number of benzene rings is 1. The lowest BCUT2D eigenvalue weighted by Crippen LogP contribution is -2.33. The average molecular weight is 385 g/mol. The fraction of sp³-hybridized carbons (Fsp3) is 0.300. The number of nitrogens with zero attached hydrogens (tertiary/aromatic N) is 2. The summed E-state index contributed by atoms with van der Waals surface area (Å²) in [5, 5.41) is 13.6. The summed E-state index contributed by atoms with van der Waals surface area (Å²) in [6, 6.07) is 11.4. The highest BCUT2D eigenvalue weighted by Crippen LogP contribution is 2.28. The van der Waals surface area contributed by atoms with Crippen LogP contribution in [0.15, 0.2) is 41.8 Å². The van der Waals surface area contributed by atoms with Crippen LogP contribution >= 0.6 is 11.3 Å². The van der Waals surface area contributed by atoms with Crippen molar-refractivity contribution in [2.75, 3.05) is 34.4 Å². The van der Waals surface area contributed by atoms with E-state index in [1.807, 2.05) is 31.6 Å². The number of hydrogen-bond acceptors (Lipinski definition) is 6. The van der Waals surface area contributed by atoms with Crippen molar-refractivity contribution < 1.29 is 14.3 Å². The molecular formula is C20H23N3O3S. The zero-order valence-electron chi connectivity index (χ0n) is 15.6. The second-order valence-corrected chi connectivity index (χ2v) is 6.91. The highest BCUT2D eigenvalue weighted by molar-refractivity contribution is 7.10. The van der Waals surface area contributed by atoms with Gasteiger partial charge in [0.05, 0.1) is 13.2 Å². The lowest BCUT2D eigenvalue weighted by Gasteiger charge is -2.23. The standard InChI is InChI=1S/C20H23N3O3S/c1-23(2)16(19-5-4-12-27-19)14-22-20(24)9-7-15-6-8-17(26-11-10-21)18(13-15)25-3/h4-9,12-13,16H,11,14H2,1-3H3,(H,22,24). The molecule has 0 aliphatic heterocycles. The van der Waals surface area contributed by atoms with E-state index in [0.29, 0.717) is 18.0 Å². The fourth-order valence-corrected chi connectivity index (χ4v) is 3.39. The second kappa shape index (κ2) is 10.4. The molecule has 1 aromatic carbocycles. The first kappa shape index (κ1) is 20.5. The monoisotopic (exact) mass is 385 g/mol. The first-order chi connectivity index (χ1) is 13.0. The van der Waals surface area contributed by atoms with Gasteiger partial charge in [0.25, 0.3) is 0 Å².